The molecule has 0 aliphatic carbocycles. The molecule has 2 N–H and O–H groups in total. The van der Waals surface area contributed by atoms with E-state index < -0.39 is 29.9 Å². The Kier molecular flexibility index (Phi) is 21.7. The van der Waals surface area contributed by atoms with Gasteiger partial charge in [-0.2, -0.15) is 0 Å². The van der Waals surface area contributed by atoms with Gasteiger partial charge >= 0.3 is 41.5 Å². The maximum atomic E-state index is 12.2. The summed E-state index contributed by atoms with van der Waals surface area (Å²) in [5, 5.41) is 11.6. The molecule has 0 heterocycles. The van der Waals surface area contributed by atoms with E-state index in [0.717, 1.165) is 32.4 Å². The van der Waals surface area contributed by atoms with Crippen LogP contribution >= 0.6 is 0 Å². The first-order chi connectivity index (χ1) is 23.7. The number of hydrogen-bond acceptors (Lipinski definition) is 8. The number of hydrogen-bond donors (Lipinski definition) is 1. The number of aryl methyl sites for hydroxylation is 2. The Morgan fingerprint density at radius 1 is 0.569 bits per heavy atom. The predicted octanol–water partition coefficient (Wildman–Crippen LogP) is 3.02. The van der Waals surface area contributed by atoms with E-state index in [2.05, 4.69) is 0 Å². The van der Waals surface area contributed by atoms with E-state index in [1.54, 1.807) is 0 Å². The van der Waals surface area contributed by atoms with Crippen molar-refractivity contribution >= 4 is 23.8 Å². The van der Waals surface area contributed by atoms with E-state index in [9.17, 15) is 24.3 Å². The minimum atomic E-state index is -1.07. The second-order valence-corrected chi connectivity index (χ2v) is 11.1. The fourth-order valence-corrected chi connectivity index (χ4v) is 4.94. The predicted molar refractivity (Wildman–Crippen MR) is 186 cm³/mol. The van der Waals surface area contributed by atoms with Crippen LogP contribution in [0.15, 0.2) is 121 Å². The van der Waals surface area contributed by atoms with Gasteiger partial charge in [-0.25, -0.2) is 19.7 Å². The van der Waals surface area contributed by atoms with E-state index in [1.807, 2.05) is 121 Å². The molecule has 0 bridgehead atoms. The number of ether oxygens (including phenoxy) is 1. The molecule has 0 saturated carbocycles. The summed E-state index contributed by atoms with van der Waals surface area (Å²) in [5.74, 6) is -2.32. The van der Waals surface area contributed by atoms with Crippen molar-refractivity contribution < 1.29 is 73.7 Å². The monoisotopic (exact) mass is 708 g/mol. The molecular formula is C39H45N2NaO9. The zero-order valence-corrected chi connectivity index (χ0v) is 31.6. The van der Waals surface area contributed by atoms with E-state index >= 15 is 0 Å². The first-order valence-electron chi connectivity index (χ1n) is 16.0. The van der Waals surface area contributed by atoms with Crippen LogP contribution in [0.1, 0.15) is 48.9 Å². The molecule has 0 fully saturated rings. The average Bonchev–Trinajstić information content (AvgIpc) is 3.12. The number of rotatable bonds is 16. The first-order valence-corrected chi connectivity index (χ1v) is 16.0. The summed E-state index contributed by atoms with van der Waals surface area (Å²) < 4.78 is 4.87. The van der Waals surface area contributed by atoms with E-state index in [-0.39, 0.29) is 60.6 Å². The van der Waals surface area contributed by atoms with Gasteiger partial charge in [-0.3, -0.25) is 19.3 Å². The summed E-state index contributed by atoms with van der Waals surface area (Å²) in [6.45, 7) is 3.04. The van der Waals surface area contributed by atoms with Gasteiger partial charge in [0, 0.05) is 13.8 Å². The van der Waals surface area contributed by atoms with E-state index in [4.69, 9.17) is 14.4 Å². The van der Waals surface area contributed by atoms with Gasteiger partial charge in [0.15, 0.2) is 12.1 Å². The van der Waals surface area contributed by atoms with Crippen molar-refractivity contribution in [3.8, 4) is 0 Å². The van der Waals surface area contributed by atoms with Crippen molar-refractivity contribution in [1.82, 2.24) is 10.1 Å². The smallest absolute Gasteiger partial charge is 0.870 e. The summed E-state index contributed by atoms with van der Waals surface area (Å²) >= 11 is 0. The molecule has 0 radical (unpaired) electrons. The Bertz CT molecular complexity index is 1520. The molecule has 2 amide bonds. The number of aliphatic carboxylic acids is 1. The van der Waals surface area contributed by atoms with Crippen molar-refractivity contribution in [2.24, 2.45) is 0 Å². The average molecular weight is 709 g/mol. The largest absolute Gasteiger partial charge is 1.00 e. The van der Waals surface area contributed by atoms with Crippen LogP contribution in [0.2, 0.25) is 0 Å². The number of amides is 2. The number of carbonyl (C=O) groups is 4. The summed E-state index contributed by atoms with van der Waals surface area (Å²) in [7, 11) is 1.31. The SMILES string of the molecule is CC(=O)N(OCc1ccccc1)C(CCc1ccccc1)C(=O)O.COC(=O)C(CCc1ccccc1)N(OCc1ccccc1)C(C)=O.[Na+].[OH-]. The molecule has 2 unspecified atom stereocenters. The molecule has 266 valence electrons. The topological polar surface area (TPSA) is 153 Å². The molecule has 4 aromatic rings. The Morgan fingerprint density at radius 3 is 1.20 bits per heavy atom. The second kappa shape index (κ2) is 24.7. The Balaban J connectivity index is 0.000000491. The molecule has 2 atom stereocenters. The number of carbonyl (C=O) groups excluding carboxylic acids is 3. The van der Waals surface area contributed by atoms with Gasteiger partial charge in [-0.05, 0) is 47.9 Å². The van der Waals surface area contributed by atoms with Gasteiger partial charge in [0.25, 0.3) is 0 Å². The minimum Gasteiger partial charge on any atom is -0.870 e. The maximum absolute atomic E-state index is 12.2. The number of hydroxylamine groups is 4. The standard InChI is InChI=1S/C20H23NO4.C19H21NO4.Na.H2O/c1-16(22)21(25-15-18-11-7-4-8-12-18)19(20(23)24-2)14-13-17-9-5-3-6-10-17;1-15(21)20(24-14-17-10-6-3-7-11-17)18(19(22)23)13-12-16-8-4-2-5-9-16;;/h3-12,19H,13-15H2,1-2H3;2-11,18H,12-14H2,1H3,(H,22,23);;1H2/q;;+1;/p-1. The van der Waals surface area contributed by atoms with Crippen LogP contribution in [-0.4, -0.2) is 63.7 Å². The first kappa shape index (κ1) is 44.7. The second-order valence-electron chi connectivity index (χ2n) is 11.1. The molecule has 51 heavy (non-hydrogen) atoms. The number of esters is 1. The van der Waals surface area contributed by atoms with Crippen LogP contribution in [-0.2, 0) is 59.6 Å². The maximum Gasteiger partial charge on any atom is 1.00 e. The number of methoxy groups -OCH3 is 1. The third kappa shape index (κ3) is 16.0. The quantitative estimate of drug-likeness (QED) is 0.105. The zero-order chi connectivity index (χ0) is 35.4. The van der Waals surface area contributed by atoms with Gasteiger partial charge in [-0.1, -0.05) is 121 Å². The van der Waals surface area contributed by atoms with E-state index in [0.29, 0.717) is 19.3 Å². The van der Waals surface area contributed by atoms with E-state index in [1.165, 1.54) is 21.0 Å². The number of nitrogens with zero attached hydrogens (tertiary/aromatic N) is 2. The third-order valence-corrected chi connectivity index (χ3v) is 7.47. The van der Waals surface area contributed by atoms with Crippen LogP contribution < -0.4 is 29.6 Å². The van der Waals surface area contributed by atoms with Crippen molar-refractivity contribution in [3.63, 3.8) is 0 Å². The Hall–Kier alpha value is -4.36. The van der Waals surface area contributed by atoms with Crippen molar-refractivity contribution in [3.05, 3.63) is 144 Å². The number of carboxylic acid groups (broad SMARTS) is 1. The van der Waals surface area contributed by atoms with Gasteiger partial charge in [0.1, 0.15) is 13.2 Å². The molecule has 0 saturated heterocycles. The van der Waals surface area contributed by atoms with Crippen molar-refractivity contribution in [1.29, 1.82) is 0 Å². The molecule has 0 aliphatic rings. The summed E-state index contributed by atoms with van der Waals surface area (Å²) in [4.78, 5) is 58.8. The Labute approximate surface area is 321 Å². The summed E-state index contributed by atoms with van der Waals surface area (Å²) in [6, 6.07) is 36.4. The van der Waals surface area contributed by atoms with Crippen LogP contribution in [0.5, 0.6) is 0 Å². The fraction of sp³-hybridized carbons (Fsp3) is 0.282. The molecule has 12 heteroatoms. The third-order valence-electron chi connectivity index (χ3n) is 7.47. The molecule has 4 aromatic carbocycles. The summed E-state index contributed by atoms with van der Waals surface area (Å²) in [6.07, 6.45) is 1.90. The molecule has 0 aromatic heterocycles. The minimum absolute atomic E-state index is 0. The number of benzene rings is 4. The van der Waals surface area contributed by atoms with Crippen molar-refractivity contribution in [2.45, 2.75) is 64.8 Å². The van der Waals surface area contributed by atoms with Crippen LogP contribution in [0.3, 0.4) is 0 Å². The van der Waals surface area contributed by atoms with Crippen LogP contribution in [0, 0.1) is 0 Å². The fourth-order valence-electron chi connectivity index (χ4n) is 4.94. The van der Waals surface area contributed by atoms with Gasteiger partial charge in [0.2, 0.25) is 11.8 Å². The Morgan fingerprint density at radius 2 is 0.882 bits per heavy atom. The van der Waals surface area contributed by atoms with Gasteiger partial charge in [-0.15, -0.1) is 0 Å². The summed E-state index contributed by atoms with van der Waals surface area (Å²) in [5.41, 5.74) is 3.90. The van der Waals surface area contributed by atoms with Crippen molar-refractivity contribution in [2.75, 3.05) is 7.11 Å². The normalized spacial score (nSPS) is 11.2. The van der Waals surface area contributed by atoms with Crippen LogP contribution in [0.25, 0.3) is 0 Å². The molecule has 0 spiro atoms. The molecular weight excluding hydrogens is 663 g/mol. The van der Waals surface area contributed by atoms with Gasteiger partial charge in [0.05, 0.1) is 7.11 Å². The zero-order valence-electron chi connectivity index (χ0n) is 29.6. The van der Waals surface area contributed by atoms with Gasteiger partial charge < -0.3 is 15.3 Å². The molecule has 0 aliphatic heterocycles. The van der Waals surface area contributed by atoms with Crippen LogP contribution in [0.4, 0.5) is 0 Å². The molecule has 4 rings (SSSR count). The number of carboxylic acids is 1. The molecule has 11 nitrogen and oxygen atoms in total.